The SMILES string of the molecule is CCCCCCCCCc1cc(O)c(O)c(I)c1CCCCCCCCC. The van der Waals surface area contributed by atoms with Crippen LogP contribution in [0.15, 0.2) is 6.07 Å². The number of rotatable bonds is 16. The summed E-state index contributed by atoms with van der Waals surface area (Å²) in [6, 6.07) is 1.81. The predicted octanol–water partition coefficient (Wildman–Crippen LogP) is 8.29. The van der Waals surface area contributed by atoms with Gasteiger partial charge in [-0.05, 0) is 65.5 Å². The van der Waals surface area contributed by atoms with Gasteiger partial charge in [-0.25, -0.2) is 0 Å². The molecule has 0 bridgehead atoms. The first-order chi connectivity index (χ1) is 13.1. The standard InChI is InChI=1S/C24H41IO2/c1-3-5-7-9-11-13-15-17-20-19-22(26)24(27)23(25)21(20)18-16-14-12-10-8-6-4-2/h19,26-27H,3-18H2,1-2H3. The highest BCUT2D eigenvalue weighted by Crippen LogP contribution is 2.36. The molecule has 2 N–H and O–H groups in total. The molecule has 0 heterocycles. The summed E-state index contributed by atoms with van der Waals surface area (Å²) >= 11 is 2.21. The van der Waals surface area contributed by atoms with E-state index in [9.17, 15) is 10.2 Å². The molecule has 0 amide bonds. The molecule has 27 heavy (non-hydrogen) atoms. The minimum absolute atomic E-state index is 0.0423. The second kappa shape index (κ2) is 15.5. The van der Waals surface area contributed by atoms with Crippen LogP contribution < -0.4 is 0 Å². The maximum atomic E-state index is 10.1. The Morgan fingerprint density at radius 2 is 1.11 bits per heavy atom. The van der Waals surface area contributed by atoms with Gasteiger partial charge >= 0.3 is 0 Å². The predicted molar refractivity (Wildman–Crippen MR) is 126 cm³/mol. The zero-order valence-electron chi connectivity index (χ0n) is 17.7. The fraction of sp³-hybridized carbons (Fsp3) is 0.750. The second-order valence-corrected chi connectivity index (χ2v) is 9.02. The van der Waals surface area contributed by atoms with Gasteiger partial charge in [0.15, 0.2) is 11.5 Å². The molecule has 0 saturated heterocycles. The van der Waals surface area contributed by atoms with Crippen molar-refractivity contribution in [1.29, 1.82) is 0 Å². The number of hydrogen-bond donors (Lipinski definition) is 2. The molecular formula is C24H41IO2. The van der Waals surface area contributed by atoms with Crippen molar-refractivity contribution in [3.8, 4) is 11.5 Å². The number of aryl methyl sites for hydroxylation is 1. The van der Waals surface area contributed by atoms with Crippen molar-refractivity contribution in [2.75, 3.05) is 0 Å². The van der Waals surface area contributed by atoms with Crippen LogP contribution in [0.3, 0.4) is 0 Å². The van der Waals surface area contributed by atoms with Crippen LogP contribution in [-0.4, -0.2) is 10.2 Å². The van der Waals surface area contributed by atoms with E-state index in [1.807, 2.05) is 6.07 Å². The lowest BCUT2D eigenvalue weighted by Gasteiger charge is -2.15. The highest BCUT2D eigenvalue weighted by atomic mass is 127. The summed E-state index contributed by atoms with van der Waals surface area (Å²) in [5.74, 6) is 0.109. The third-order valence-corrected chi connectivity index (χ3v) is 6.66. The molecule has 0 saturated carbocycles. The van der Waals surface area contributed by atoms with Crippen LogP contribution in [0.5, 0.6) is 11.5 Å². The van der Waals surface area contributed by atoms with Gasteiger partial charge in [0.25, 0.3) is 0 Å². The third-order valence-electron chi connectivity index (χ3n) is 5.49. The molecule has 0 radical (unpaired) electrons. The van der Waals surface area contributed by atoms with Crippen LogP contribution in [0.4, 0.5) is 0 Å². The number of halogens is 1. The lowest BCUT2D eigenvalue weighted by molar-refractivity contribution is 0.399. The van der Waals surface area contributed by atoms with Crippen molar-refractivity contribution >= 4 is 22.6 Å². The molecule has 0 spiro atoms. The van der Waals surface area contributed by atoms with E-state index in [0.717, 1.165) is 16.4 Å². The molecule has 2 nitrogen and oxygen atoms in total. The maximum absolute atomic E-state index is 10.1. The lowest BCUT2D eigenvalue weighted by atomic mass is 9.95. The Hall–Kier alpha value is -0.450. The summed E-state index contributed by atoms with van der Waals surface area (Å²) in [5.41, 5.74) is 2.51. The first-order valence-corrected chi connectivity index (χ1v) is 12.4. The van der Waals surface area contributed by atoms with Crippen molar-refractivity contribution in [1.82, 2.24) is 0 Å². The molecule has 0 aliphatic carbocycles. The molecule has 156 valence electrons. The normalized spacial score (nSPS) is 11.2. The van der Waals surface area contributed by atoms with E-state index in [4.69, 9.17) is 0 Å². The van der Waals surface area contributed by atoms with Crippen molar-refractivity contribution in [3.63, 3.8) is 0 Å². The quantitative estimate of drug-likeness (QED) is 0.140. The number of aromatic hydroxyl groups is 2. The zero-order chi connectivity index (χ0) is 19.9. The average molecular weight is 488 g/mol. The summed E-state index contributed by atoms with van der Waals surface area (Å²) in [7, 11) is 0. The molecule has 1 aromatic carbocycles. The van der Waals surface area contributed by atoms with Gasteiger partial charge in [0, 0.05) is 0 Å². The Morgan fingerprint density at radius 1 is 0.667 bits per heavy atom. The zero-order valence-corrected chi connectivity index (χ0v) is 19.8. The summed E-state index contributed by atoms with van der Waals surface area (Å²) in [5, 5.41) is 20.2. The largest absolute Gasteiger partial charge is 0.504 e. The van der Waals surface area contributed by atoms with Crippen molar-refractivity contribution in [2.24, 2.45) is 0 Å². The summed E-state index contributed by atoms with van der Waals surface area (Å²) < 4.78 is 0.858. The Morgan fingerprint density at radius 3 is 1.63 bits per heavy atom. The van der Waals surface area contributed by atoms with Gasteiger partial charge in [-0.3, -0.25) is 0 Å². The molecule has 0 unspecified atom stereocenters. The maximum Gasteiger partial charge on any atom is 0.171 e. The summed E-state index contributed by atoms with van der Waals surface area (Å²) in [4.78, 5) is 0. The van der Waals surface area contributed by atoms with E-state index in [0.29, 0.717) is 0 Å². The summed E-state index contributed by atoms with van der Waals surface area (Å²) in [6.45, 7) is 4.51. The first-order valence-electron chi connectivity index (χ1n) is 11.3. The Labute approximate surface area is 181 Å². The monoisotopic (exact) mass is 488 g/mol. The van der Waals surface area contributed by atoms with E-state index in [2.05, 4.69) is 36.4 Å². The minimum Gasteiger partial charge on any atom is -0.504 e. The molecule has 0 atom stereocenters. The van der Waals surface area contributed by atoms with Gasteiger partial charge in [0.1, 0.15) is 0 Å². The van der Waals surface area contributed by atoms with Crippen molar-refractivity contribution < 1.29 is 10.2 Å². The summed E-state index contributed by atoms with van der Waals surface area (Å²) in [6.07, 6.45) is 20.3. The van der Waals surface area contributed by atoms with Crippen LogP contribution >= 0.6 is 22.6 Å². The Bertz CT molecular complexity index is 514. The molecule has 1 rings (SSSR count). The van der Waals surface area contributed by atoms with Gasteiger partial charge in [0.05, 0.1) is 3.57 Å². The topological polar surface area (TPSA) is 40.5 Å². The van der Waals surface area contributed by atoms with E-state index < -0.39 is 0 Å². The third kappa shape index (κ3) is 10.0. The van der Waals surface area contributed by atoms with Crippen molar-refractivity contribution in [2.45, 2.75) is 117 Å². The highest BCUT2D eigenvalue weighted by Gasteiger charge is 2.15. The van der Waals surface area contributed by atoms with Gasteiger partial charge < -0.3 is 10.2 Å². The van der Waals surface area contributed by atoms with E-state index in [1.165, 1.54) is 101 Å². The van der Waals surface area contributed by atoms with Crippen LogP contribution in [0.2, 0.25) is 0 Å². The van der Waals surface area contributed by atoms with E-state index in [-0.39, 0.29) is 11.5 Å². The molecule has 1 aromatic rings. The van der Waals surface area contributed by atoms with Gasteiger partial charge in [0.2, 0.25) is 0 Å². The van der Waals surface area contributed by atoms with Crippen LogP contribution in [0, 0.1) is 3.57 Å². The molecule has 0 aromatic heterocycles. The second-order valence-electron chi connectivity index (χ2n) is 7.94. The molecule has 0 aliphatic rings. The molecule has 3 heteroatoms. The van der Waals surface area contributed by atoms with E-state index in [1.54, 1.807) is 0 Å². The van der Waals surface area contributed by atoms with Gasteiger partial charge in [-0.2, -0.15) is 0 Å². The highest BCUT2D eigenvalue weighted by molar-refractivity contribution is 14.1. The van der Waals surface area contributed by atoms with Gasteiger partial charge in [-0.15, -0.1) is 0 Å². The van der Waals surface area contributed by atoms with Crippen molar-refractivity contribution in [3.05, 3.63) is 20.8 Å². The molecule has 0 fully saturated rings. The van der Waals surface area contributed by atoms with Crippen LogP contribution in [0.1, 0.15) is 115 Å². The smallest absolute Gasteiger partial charge is 0.171 e. The Kier molecular flexibility index (Phi) is 14.1. The fourth-order valence-electron chi connectivity index (χ4n) is 3.74. The first kappa shape index (κ1) is 24.6. The lowest BCUT2D eigenvalue weighted by Crippen LogP contribution is -2.00. The number of unbranched alkanes of at least 4 members (excludes halogenated alkanes) is 12. The molecule has 0 aliphatic heterocycles. The number of phenols is 2. The number of benzene rings is 1. The Balaban J connectivity index is 2.48. The molecular weight excluding hydrogens is 447 g/mol. The van der Waals surface area contributed by atoms with Gasteiger partial charge in [-0.1, -0.05) is 90.9 Å². The van der Waals surface area contributed by atoms with Crippen LogP contribution in [-0.2, 0) is 12.8 Å². The fourth-order valence-corrected chi connectivity index (χ4v) is 4.63. The number of hydrogen-bond acceptors (Lipinski definition) is 2. The van der Waals surface area contributed by atoms with E-state index >= 15 is 0 Å². The average Bonchev–Trinajstić information content (AvgIpc) is 2.66. The number of phenolic OH excluding ortho intramolecular Hbond substituents is 2. The van der Waals surface area contributed by atoms with Crippen LogP contribution in [0.25, 0.3) is 0 Å². The minimum atomic E-state index is 0.0423.